The van der Waals surface area contributed by atoms with E-state index >= 15 is 0 Å². The van der Waals surface area contributed by atoms with Crippen molar-refractivity contribution in [3.05, 3.63) is 83.4 Å². The van der Waals surface area contributed by atoms with Crippen molar-refractivity contribution in [3.8, 4) is 0 Å². The van der Waals surface area contributed by atoms with Gasteiger partial charge in [-0.3, -0.25) is 4.79 Å². The van der Waals surface area contributed by atoms with Crippen LogP contribution in [0.2, 0.25) is 0 Å². The van der Waals surface area contributed by atoms with Crippen LogP contribution in [0.1, 0.15) is 75.4 Å². The van der Waals surface area contributed by atoms with Gasteiger partial charge in [-0.1, -0.05) is 108 Å². The number of carbonyl (C=O) groups is 1. The molecule has 164 valence electrons. The summed E-state index contributed by atoms with van der Waals surface area (Å²) in [6.07, 6.45) is 1.14. The van der Waals surface area contributed by atoms with Gasteiger partial charge in [0, 0.05) is 5.56 Å². The van der Waals surface area contributed by atoms with Crippen molar-refractivity contribution < 1.29 is 9.53 Å². The molecular weight excluding hydrogens is 380 g/mol. The average molecular weight is 417 g/mol. The van der Waals surface area contributed by atoms with Gasteiger partial charge in [0.25, 0.3) is 0 Å². The Morgan fingerprint density at radius 3 is 2.13 bits per heavy atom. The Hall–Kier alpha value is -2.45. The molecule has 1 unspecified atom stereocenters. The Kier molecular flexibility index (Phi) is 7.01. The minimum atomic E-state index is 0.0198. The zero-order chi connectivity index (χ0) is 22.6. The zero-order valence-electron chi connectivity index (χ0n) is 19.9. The van der Waals surface area contributed by atoms with Crippen molar-refractivity contribution >= 4 is 16.6 Å². The van der Waals surface area contributed by atoms with Crippen LogP contribution in [-0.2, 0) is 11.3 Å². The molecule has 1 atom stereocenters. The van der Waals surface area contributed by atoms with Crippen LogP contribution in [0.15, 0.2) is 66.7 Å². The highest BCUT2D eigenvalue weighted by molar-refractivity contribution is 6.08. The first-order valence-corrected chi connectivity index (χ1v) is 11.2. The van der Waals surface area contributed by atoms with Gasteiger partial charge in [0.1, 0.15) is 6.61 Å². The highest BCUT2D eigenvalue weighted by Gasteiger charge is 2.30. The van der Waals surface area contributed by atoms with E-state index in [2.05, 4.69) is 65.8 Å². The van der Waals surface area contributed by atoms with Crippen LogP contribution in [0, 0.1) is 10.8 Å². The van der Waals surface area contributed by atoms with E-state index in [0.717, 1.165) is 28.3 Å². The smallest absolute Gasteiger partial charge is 0.189 e. The summed E-state index contributed by atoms with van der Waals surface area (Å²) >= 11 is 0. The second-order valence-corrected chi connectivity index (χ2v) is 10.9. The maximum Gasteiger partial charge on any atom is 0.189 e. The number of hydrogen-bond donors (Lipinski definition) is 0. The lowest BCUT2D eigenvalue weighted by Gasteiger charge is -2.36. The fourth-order valence-electron chi connectivity index (χ4n) is 4.19. The molecule has 31 heavy (non-hydrogen) atoms. The van der Waals surface area contributed by atoms with Crippen LogP contribution in [0.3, 0.4) is 0 Å². The maximum absolute atomic E-state index is 12.7. The molecule has 0 radical (unpaired) electrons. The molecule has 2 nitrogen and oxygen atoms in total. The van der Waals surface area contributed by atoms with Crippen LogP contribution in [0.4, 0.5) is 0 Å². The minimum Gasteiger partial charge on any atom is -0.369 e. The predicted molar refractivity (Wildman–Crippen MR) is 131 cm³/mol. The van der Waals surface area contributed by atoms with Crippen LogP contribution in [0.25, 0.3) is 10.8 Å². The predicted octanol–water partition coefficient (Wildman–Crippen LogP) is 7.81. The lowest BCUT2D eigenvalue weighted by atomic mass is 9.69. The van der Waals surface area contributed by atoms with E-state index in [1.807, 2.05) is 42.5 Å². The summed E-state index contributed by atoms with van der Waals surface area (Å²) in [7, 11) is 0. The summed E-state index contributed by atoms with van der Waals surface area (Å²) in [5, 5.41) is 2.06. The molecule has 0 spiro atoms. The van der Waals surface area contributed by atoms with Gasteiger partial charge in [-0.2, -0.15) is 0 Å². The fourth-order valence-corrected chi connectivity index (χ4v) is 4.19. The third-order valence-corrected chi connectivity index (χ3v) is 5.84. The van der Waals surface area contributed by atoms with Gasteiger partial charge in [-0.05, 0) is 45.1 Å². The third-order valence-electron chi connectivity index (χ3n) is 5.84. The molecule has 0 amide bonds. The molecule has 3 aromatic rings. The summed E-state index contributed by atoms with van der Waals surface area (Å²) < 4.78 is 5.78. The van der Waals surface area contributed by atoms with Crippen molar-refractivity contribution in [1.82, 2.24) is 0 Å². The van der Waals surface area contributed by atoms with E-state index in [1.165, 1.54) is 5.56 Å². The Balaban J connectivity index is 1.63. The molecule has 0 aromatic heterocycles. The van der Waals surface area contributed by atoms with Gasteiger partial charge in [0.05, 0.1) is 6.61 Å². The molecule has 0 fully saturated rings. The van der Waals surface area contributed by atoms with Crippen LogP contribution < -0.4 is 0 Å². The second kappa shape index (κ2) is 9.36. The van der Waals surface area contributed by atoms with Gasteiger partial charge < -0.3 is 4.74 Å². The Morgan fingerprint density at radius 2 is 1.48 bits per heavy atom. The first-order valence-electron chi connectivity index (χ1n) is 11.2. The molecule has 0 heterocycles. The Labute approximate surface area is 187 Å². The highest BCUT2D eigenvalue weighted by atomic mass is 16.5. The molecule has 0 aliphatic rings. The van der Waals surface area contributed by atoms with E-state index in [-0.39, 0.29) is 23.2 Å². The molecule has 0 aliphatic heterocycles. The number of benzene rings is 3. The van der Waals surface area contributed by atoms with Gasteiger partial charge in [-0.15, -0.1) is 0 Å². The summed E-state index contributed by atoms with van der Waals surface area (Å²) in [5.74, 6) is 0.516. The second-order valence-electron chi connectivity index (χ2n) is 10.9. The van der Waals surface area contributed by atoms with E-state index in [0.29, 0.717) is 12.5 Å². The van der Waals surface area contributed by atoms with E-state index in [4.69, 9.17) is 4.74 Å². The molecule has 3 aromatic carbocycles. The number of ketones is 1. The number of Topliss-reactive ketones (excluding diaryl/α,β-unsaturated/α-hetero) is 1. The number of ether oxygens (including phenoxy) is 1. The molecular formula is C29H36O2. The van der Waals surface area contributed by atoms with Gasteiger partial charge in [0.15, 0.2) is 5.78 Å². The molecule has 0 bridgehead atoms. The summed E-state index contributed by atoms with van der Waals surface area (Å²) in [4.78, 5) is 12.7. The topological polar surface area (TPSA) is 26.3 Å². The molecule has 2 heteroatoms. The number of rotatable bonds is 7. The van der Waals surface area contributed by atoms with Crippen molar-refractivity contribution in [1.29, 1.82) is 0 Å². The Bertz CT molecular complexity index is 1010. The number of carbonyl (C=O) groups excluding carboxylic acids is 1. The minimum absolute atomic E-state index is 0.0198. The molecule has 0 saturated heterocycles. The highest BCUT2D eigenvalue weighted by Crippen LogP contribution is 2.43. The van der Waals surface area contributed by atoms with Crippen LogP contribution in [0.5, 0.6) is 0 Å². The third kappa shape index (κ3) is 6.27. The first-order chi connectivity index (χ1) is 14.5. The lowest BCUT2D eigenvalue weighted by Crippen LogP contribution is -2.23. The van der Waals surface area contributed by atoms with Gasteiger partial charge >= 0.3 is 0 Å². The van der Waals surface area contributed by atoms with E-state index < -0.39 is 0 Å². The number of hydrogen-bond acceptors (Lipinski definition) is 2. The molecule has 3 rings (SSSR count). The molecule has 0 N–H and O–H groups in total. The lowest BCUT2D eigenvalue weighted by molar-refractivity contribution is 0.0728. The van der Waals surface area contributed by atoms with Gasteiger partial charge in [-0.25, -0.2) is 0 Å². The maximum atomic E-state index is 12.7. The van der Waals surface area contributed by atoms with Crippen molar-refractivity contribution in [2.45, 2.75) is 60.5 Å². The summed E-state index contributed by atoms with van der Waals surface area (Å²) in [6, 6.07) is 22.5. The van der Waals surface area contributed by atoms with Crippen molar-refractivity contribution in [2.24, 2.45) is 10.8 Å². The SMILES string of the molecule is CC(C)(C)CC(c1ccc(COCC(=O)c2cccc3ccccc23)cc1)C(C)(C)C. The monoisotopic (exact) mass is 416 g/mol. The number of fused-ring (bicyclic) bond motifs is 1. The average Bonchev–Trinajstić information content (AvgIpc) is 2.71. The normalized spacial score (nSPS) is 13.4. The summed E-state index contributed by atoms with van der Waals surface area (Å²) in [6.45, 7) is 14.4. The largest absolute Gasteiger partial charge is 0.369 e. The van der Waals surface area contributed by atoms with Crippen LogP contribution >= 0.6 is 0 Å². The Morgan fingerprint density at radius 1 is 0.839 bits per heavy atom. The summed E-state index contributed by atoms with van der Waals surface area (Å²) in [5.41, 5.74) is 3.68. The van der Waals surface area contributed by atoms with Crippen molar-refractivity contribution in [3.63, 3.8) is 0 Å². The molecule has 0 saturated carbocycles. The van der Waals surface area contributed by atoms with Crippen LogP contribution in [-0.4, -0.2) is 12.4 Å². The van der Waals surface area contributed by atoms with Gasteiger partial charge in [0.2, 0.25) is 0 Å². The fraction of sp³-hybridized carbons (Fsp3) is 0.414. The van der Waals surface area contributed by atoms with Crippen molar-refractivity contribution in [2.75, 3.05) is 6.61 Å². The first kappa shape index (κ1) is 23.2. The quantitative estimate of drug-likeness (QED) is 0.367. The molecule has 0 aliphatic carbocycles. The zero-order valence-corrected chi connectivity index (χ0v) is 19.9. The van der Waals surface area contributed by atoms with E-state index in [1.54, 1.807) is 0 Å². The standard InChI is InChI=1S/C29H36O2/c1-28(2,3)18-26(29(4,5)6)23-16-14-21(15-17-23)19-31-20-27(30)25-13-9-11-22-10-7-8-12-24(22)25/h7-17,26H,18-20H2,1-6H3. The van der Waals surface area contributed by atoms with E-state index in [9.17, 15) is 4.79 Å².